The first-order chi connectivity index (χ1) is 15.7. The highest BCUT2D eigenvalue weighted by atomic mass is 19.3. The Morgan fingerprint density at radius 3 is 2.33 bits per heavy atom. The third kappa shape index (κ3) is 4.31. The zero-order valence-corrected chi connectivity index (χ0v) is 19.7. The lowest BCUT2D eigenvalue weighted by molar-refractivity contribution is -0.164. The zero-order valence-electron chi connectivity index (χ0n) is 19.7. The highest BCUT2D eigenvalue weighted by molar-refractivity contribution is 5.82. The molecule has 1 saturated carbocycles. The number of amides is 1. The Morgan fingerprint density at radius 2 is 1.79 bits per heavy atom. The monoisotopic (exact) mass is 466 g/mol. The molecule has 1 N–H and O–H groups in total. The molecule has 7 nitrogen and oxygen atoms in total. The Morgan fingerprint density at radius 1 is 1.09 bits per heavy atom. The van der Waals surface area contributed by atoms with Crippen molar-refractivity contribution in [3.8, 4) is 0 Å². The maximum atomic E-state index is 13.5. The fourth-order valence-electron chi connectivity index (χ4n) is 6.14. The number of ether oxygens (including phenoxy) is 1. The molecule has 1 aliphatic carbocycles. The summed E-state index contributed by atoms with van der Waals surface area (Å²) in [5.74, 6) is -1.03. The van der Waals surface area contributed by atoms with E-state index in [1.807, 2.05) is 4.90 Å². The van der Waals surface area contributed by atoms with Crippen LogP contribution in [0.4, 0.5) is 8.78 Å². The molecule has 0 unspecified atom stereocenters. The van der Waals surface area contributed by atoms with Crippen LogP contribution in [0.3, 0.4) is 0 Å². The Labute approximate surface area is 194 Å². The summed E-state index contributed by atoms with van der Waals surface area (Å²) >= 11 is 0. The lowest BCUT2D eigenvalue weighted by Gasteiger charge is -2.48. The molecule has 1 aromatic heterocycles. The number of piperidine rings is 2. The van der Waals surface area contributed by atoms with Crippen molar-refractivity contribution < 1.29 is 22.8 Å². The van der Waals surface area contributed by atoms with E-state index in [2.05, 4.69) is 24.3 Å². The number of aromatic nitrogens is 2. The van der Waals surface area contributed by atoms with Crippen LogP contribution >= 0.6 is 0 Å². The van der Waals surface area contributed by atoms with E-state index in [1.54, 1.807) is 0 Å². The molecular weight excluding hydrogens is 430 g/mol. The molecule has 3 aliphatic heterocycles. The van der Waals surface area contributed by atoms with Gasteiger partial charge >= 0.3 is 0 Å². The third-order valence-electron chi connectivity index (χ3n) is 8.85. The Hall–Kier alpha value is -1.61. The Bertz CT molecular complexity index is 842. The van der Waals surface area contributed by atoms with Gasteiger partial charge in [-0.3, -0.25) is 4.79 Å². The number of alkyl halides is 2. The fraction of sp³-hybridized carbons (Fsp3) is 0.875. The van der Waals surface area contributed by atoms with Gasteiger partial charge in [-0.05, 0) is 44.4 Å². The molecule has 1 amide bonds. The Balaban J connectivity index is 1.21. The quantitative estimate of drug-likeness (QED) is 0.727. The van der Waals surface area contributed by atoms with Crippen molar-refractivity contribution >= 4 is 5.91 Å². The van der Waals surface area contributed by atoms with Crippen LogP contribution in [0.25, 0.3) is 0 Å². The van der Waals surface area contributed by atoms with Gasteiger partial charge in [0.15, 0.2) is 5.82 Å². The maximum Gasteiger partial charge on any atom is 0.248 e. The van der Waals surface area contributed by atoms with Crippen molar-refractivity contribution in [2.75, 3.05) is 26.2 Å². The summed E-state index contributed by atoms with van der Waals surface area (Å²) in [5.41, 5.74) is -0.295. The Kier molecular flexibility index (Phi) is 6.00. The van der Waals surface area contributed by atoms with E-state index in [9.17, 15) is 13.6 Å². The second kappa shape index (κ2) is 8.56. The molecule has 4 aliphatic rings. The number of rotatable bonds is 4. The van der Waals surface area contributed by atoms with Gasteiger partial charge in [-0.1, -0.05) is 19.0 Å². The molecule has 0 radical (unpaired) electrons. The second-order valence-electron chi connectivity index (χ2n) is 11.0. The van der Waals surface area contributed by atoms with Gasteiger partial charge < -0.3 is 19.5 Å². The van der Waals surface area contributed by atoms with Crippen molar-refractivity contribution in [3.63, 3.8) is 0 Å². The van der Waals surface area contributed by atoms with Crippen LogP contribution < -0.4 is 5.32 Å². The molecular formula is C24H36F2N4O3. The topological polar surface area (TPSA) is 80.5 Å². The lowest BCUT2D eigenvalue weighted by Crippen LogP contribution is -2.61. The van der Waals surface area contributed by atoms with Crippen molar-refractivity contribution in [2.24, 2.45) is 5.92 Å². The molecule has 0 aromatic carbocycles. The van der Waals surface area contributed by atoms with Crippen LogP contribution in [0.5, 0.6) is 0 Å². The lowest BCUT2D eigenvalue weighted by atomic mass is 9.69. The highest BCUT2D eigenvalue weighted by Crippen LogP contribution is 2.44. The van der Waals surface area contributed by atoms with Gasteiger partial charge in [0.2, 0.25) is 17.7 Å². The van der Waals surface area contributed by atoms with Gasteiger partial charge in [0, 0.05) is 50.2 Å². The van der Waals surface area contributed by atoms with Crippen LogP contribution in [0.15, 0.2) is 4.52 Å². The molecule has 1 aromatic rings. The normalized spacial score (nSPS) is 32.2. The van der Waals surface area contributed by atoms with Crippen LogP contribution in [-0.4, -0.2) is 64.8 Å². The number of carbonyl (C=O) groups is 1. The van der Waals surface area contributed by atoms with Crippen molar-refractivity contribution in [3.05, 3.63) is 11.7 Å². The zero-order chi connectivity index (χ0) is 23.3. The van der Waals surface area contributed by atoms with Gasteiger partial charge in [-0.2, -0.15) is 4.98 Å². The van der Waals surface area contributed by atoms with Crippen molar-refractivity contribution in [2.45, 2.75) is 101 Å². The first-order valence-corrected chi connectivity index (χ1v) is 12.6. The SMILES string of the molecule is CC(C)C1(c2noc(C3CCC(F)(F)CC3)n2)CCN(C(=O)[C@@H]2CC[C@@]3(CCO3)CN2)CC1. The minimum atomic E-state index is -2.57. The number of hydrogen-bond acceptors (Lipinski definition) is 6. The molecule has 0 bridgehead atoms. The third-order valence-corrected chi connectivity index (χ3v) is 8.85. The number of halogens is 2. The van der Waals surface area contributed by atoms with E-state index in [-0.39, 0.29) is 47.6 Å². The van der Waals surface area contributed by atoms with Gasteiger partial charge in [0.05, 0.1) is 18.2 Å². The number of nitrogens with zero attached hydrogens (tertiary/aromatic N) is 3. The van der Waals surface area contributed by atoms with Crippen LogP contribution in [0.1, 0.15) is 89.3 Å². The minimum absolute atomic E-state index is 0.0317. The summed E-state index contributed by atoms with van der Waals surface area (Å²) in [6.07, 6.45) is 4.92. The smallest absolute Gasteiger partial charge is 0.248 e. The summed E-state index contributed by atoms with van der Waals surface area (Å²) in [6.45, 7) is 7.23. The number of hydrogen-bond donors (Lipinski definition) is 1. The van der Waals surface area contributed by atoms with Crippen molar-refractivity contribution in [1.82, 2.24) is 20.4 Å². The molecule has 33 heavy (non-hydrogen) atoms. The van der Waals surface area contributed by atoms with Gasteiger partial charge in [-0.15, -0.1) is 0 Å². The molecule has 1 spiro atoms. The number of carbonyl (C=O) groups excluding carboxylic acids is 1. The standard InChI is InChI=1S/C24H36F2N4O3/c1-16(2)23(21-28-19(33-29-21)17-3-7-24(25,26)8-4-17)9-12-30(13-10-23)20(31)18-5-6-22(15-27-18)11-14-32-22/h16-18,27H,3-15H2,1-2H3/t18-,22+/m0/s1. The number of likely N-dealkylation sites (tertiary alicyclic amines) is 1. The molecule has 2 atom stereocenters. The predicted octanol–water partition coefficient (Wildman–Crippen LogP) is 3.79. The van der Waals surface area contributed by atoms with E-state index in [0.29, 0.717) is 37.6 Å². The van der Waals surface area contributed by atoms with Crippen molar-refractivity contribution in [1.29, 1.82) is 0 Å². The highest BCUT2D eigenvalue weighted by Gasteiger charge is 2.47. The van der Waals surface area contributed by atoms with E-state index >= 15 is 0 Å². The van der Waals surface area contributed by atoms with Crippen LogP contribution in [-0.2, 0) is 14.9 Å². The second-order valence-corrected chi connectivity index (χ2v) is 11.0. The van der Waals surface area contributed by atoms with E-state index in [4.69, 9.17) is 14.2 Å². The molecule has 9 heteroatoms. The van der Waals surface area contributed by atoms with Crippen LogP contribution in [0.2, 0.25) is 0 Å². The van der Waals surface area contributed by atoms with Gasteiger partial charge in [-0.25, -0.2) is 8.78 Å². The van der Waals surface area contributed by atoms with Gasteiger partial charge in [0.1, 0.15) is 0 Å². The molecule has 3 saturated heterocycles. The van der Waals surface area contributed by atoms with E-state index in [0.717, 1.165) is 45.3 Å². The molecule has 4 heterocycles. The predicted molar refractivity (Wildman–Crippen MR) is 117 cm³/mol. The molecule has 4 fully saturated rings. The van der Waals surface area contributed by atoms with Gasteiger partial charge in [0.25, 0.3) is 0 Å². The summed E-state index contributed by atoms with van der Waals surface area (Å²) in [5, 5.41) is 7.75. The summed E-state index contributed by atoms with van der Waals surface area (Å²) in [4.78, 5) is 19.9. The minimum Gasteiger partial charge on any atom is -0.373 e. The largest absolute Gasteiger partial charge is 0.373 e. The first kappa shape index (κ1) is 23.1. The van der Waals surface area contributed by atoms with E-state index in [1.165, 1.54) is 0 Å². The molecule has 5 rings (SSSR count). The number of nitrogens with one attached hydrogen (secondary N) is 1. The fourth-order valence-corrected chi connectivity index (χ4v) is 6.14. The first-order valence-electron chi connectivity index (χ1n) is 12.6. The summed E-state index contributed by atoms with van der Waals surface area (Å²) in [7, 11) is 0. The maximum absolute atomic E-state index is 13.5. The summed E-state index contributed by atoms with van der Waals surface area (Å²) in [6, 6.07) is -0.132. The summed E-state index contributed by atoms with van der Waals surface area (Å²) < 4.78 is 38.4. The average Bonchev–Trinajstić information content (AvgIpc) is 3.28. The average molecular weight is 467 g/mol. The molecule has 184 valence electrons. The van der Waals surface area contributed by atoms with E-state index < -0.39 is 5.92 Å². The van der Waals surface area contributed by atoms with Crippen LogP contribution in [0, 0.1) is 5.92 Å².